The quantitative estimate of drug-likeness (QED) is 0.217. The molecular weight excluding hydrogens is 234 g/mol. The second-order valence-electron chi connectivity index (χ2n) is 4.54. The molecule has 17 heavy (non-hydrogen) atoms. The first kappa shape index (κ1) is 16.8. The van der Waals surface area contributed by atoms with E-state index in [2.05, 4.69) is 12.6 Å². The molecule has 0 aromatic carbocycles. The largest absolute Gasteiger partial charge is 0.289 e. The Morgan fingerprint density at radius 1 is 0.824 bits per heavy atom. The summed E-state index contributed by atoms with van der Waals surface area (Å²) < 4.78 is 0. The maximum absolute atomic E-state index is 10.7. The highest BCUT2D eigenvalue weighted by molar-refractivity contribution is 7.80. The van der Waals surface area contributed by atoms with E-state index in [1.807, 2.05) is 0 Å². The van der Waals surface area contributed by atoms with Crippen LogP contribution in [-0.4, -0.2) is 16.9 Å². The number of rotatable bonds is 12. The van der Waals surface area contributed by atoms with Crippen molar-refractivity contribution >= 4 is 18.5 Å². The smallest absolute Gasteiger partial charge is 0.243 e. The predicted molar refractivity (Wildman–Crippen MR) is 74.6 cm³/mol. The second kappa shape index (κ2) is 13.8. The van der Waals surface area contributed by atoms with Crippen molar-refractivity contribution in [3.05, 3.63) is 0 Å². The molecule has 0 aliphatic rings. The number of thiol groups is 1. The summed E-state index contributed by atoms with van der Waals surface area (Å²) in [5.41, 5.74) is 1.66. The Morgan fingerprint density at radius 2 is 1.24 bits per heavy atom. The topological polar surface area (TPSA) is 49.3 Å². The molecular formula is C13H27NO2S. The minimum absolute atomic E-state index is 0.269. The van der Waals surface area contributed by atoms with E-state index in [-0.39, 0.29) is 5.91 Å². The molecule has 0 atom stereocenters. The molecule has 0 unspecified atom stereocenters. The predicted octanol–water partition coefficient (Wildman–Crippen LogP) is 3.71. The first-order valence-electron chi connectivity index (χ1n) is 6.85. The van der Waals surface area contributed by atoms with Crippen LogP contribution in [0.2, 0.25) is 0 Å². The van der Waals surface area contributed by atoms with Crippen molar-refractivity contribution in [2.24, 2.45) is 0 Å². The Balaban J connectivity index is 2.96. The van der Waals surface area contributed by atoms with Crippen molar-refractivity contribution in [3.63, 3.8) is 0 Å². The third kappa shape index (κ3) is 13.7. The highest BCUT2D eigenvalue weighted by Crippen LogP contribution is 2.11. The van der Waals surface area contributed by atoms with Crippen LogP contribution in [0.5, 0.6) is 0 Å². The highest BCUT2D eigenvalue weighted by Gasteiger charge is 1.98. The summed E-state index contributed by atoms with van der Waals surface area (Å²) in [4.78, 5) is 10.7. The summed E-state index contributed by atoms with van der Waals surface area (Å²) in [7, 11) is 0. The molecule has 0 fully saturated rings. The monoisotopic (exact) mass is 261 g/mol. The lowest BCUT2D eigenvalue weighted by molar-refractivity contribution is -0.129. The van der Waals surface area contributed by atoms with E-state index >= 15 is 0 Å². The van der Waals surface area contributed by atoms with Gasteiger partial charge in [-0.25, -0.2) is 5.48 Å². The average molecular weight is 261 g/mol. The third-order valence-corrected chi connectivity index (χ3v) is 3.25. The SMILES string of the molecule is O=C(CCCCCCCCCCCCS)NO. The van der Waals surface area contributed by atoms with Gasteiger partial charge in [0.25, 0.3) is 0 Å². The van der Waals surface area contributed by atoms with E-state index in [1.165, 1.54) is 51.4 Å². The van der Waals surface area contributed by atoms with E-state index in [0.29, 0.717) is 6.42 Å². The van der Waals surface area contributed by atoms with E-state index in [9.17, 15) is 4.79 Å². The molecule has 0 bridgehead atoms. The molecule has 0 saturated carbocycles. The van der Waals surface area contributed by atoms with Gasteiger partial charge in [-0.05, 0) is 18.6 Å². The fourth-order valence-electron chi connectivity index (χ4n) is 1.87. The molecule has 2 N–H and O–H groups in total. The standard InChI is InChI=1S/C13H27NO2S/c15-13(14-16)11-9-7-5-3-1-2-4-6-8-10-12-17/h16-17H,1-12H2,(H,14,15). The molecule has 0 aromatic heterocycles. The second-order valence-corrected chi connectivity index (χ2v) is 4.99. The van der Waals surface area contributed by atoms with Crippen molar-refractivity contribution in [1.29, 1.82) is 0 Å². The number of carbonyl (C=O) groups excluding carboxylic acids is 1. The maximum atomic E-state index is 10.7. The molecule has 0 heterocycles. The molecule has 1 amide bonds. The molecule has 3 nitrogen and oxygen atoms in total. The first-order chi connectivity index (χ1) is 8.31. The Bertz CT molecular complexity index is 177. The number of hydrogen-bond acceptors (Lipinski definition) is 3. The van der Waals surface area contributed by atoms with Crippen LogP contribution in [0.3, 0.4) is 0 Å². The Morgan fingerprint density at radius 3 is 1.65 bits per heavy atom. The summed E-state index contributed by atoms with van der Waals surface area (Å²) in [5.74, 6) is 0.746. The van der Waals surface area contributed by atoms with Crippen LogP contribution in [0.4, 0.5) is 0 Å². The highest BCUT2D eigenvalue weighted by atomic mass is 32.1. The number of unbranched alkanes of at least 4 members (excludes halogenated alkanes) is 9. The molecule has 4 heteroatoms. The lowest BCUT2D eigenvalue weighted by Gasteiger charge is -2.02. The van der Waals surface area contributed by atoms with Crippen LogP contribution in [0.15, 0.2) is 0 Å². The van der Waals surface area contributed by atoms with Gasteiger partial charge < -0.3 is 0 Å². The van der Waals surface area contributed by atoms with Gasteiger partial charge in [0, 0.05) is 6.42 Å². The van der Waals surface area contributed by atoms with Gasteiger partial charge in [0.1, 0.15) is 0 Å². The van der Waals surface area contributed by atoms with Crippen LogP contribution in [0.1, 0.15) is 70.6 Å². The van der Waals surface area contributed by atoms with Crippen LogP contribution >= 0.6 is 12.6 Å². The van der Waals surface area contributed by atoms with Crippen molar-refractivity contribution in [2.45, 2.75) is 70.6 Å². The lowest BCUT2D eigenvalue weighted by Crippen LogP contribution is -2.17. The van der Waals surface area contributed by atoms with Gasteiger partial charge in [-0.15, -0.1) is 0 Å². The van der Waals surface area contributed by atoms with Gasteiger partial charge in [0.05, 0.1) is 0 Å². The Kier molecular flexibility index (Phi) is 13.7. The van der Waals surface area contributed by atoms with E-state index in [0.717, 1.165) is 18.6 Å². The van der Waals surface area contributed by atoms with Crippen molar-refractivity contribution in [1.82, 2.24) is 5.48 Å². The summed E-state index contributed by atoms with van der Waals surface area (Å²) >= 11 is 4.19. The number of carbonyl (C=O) groups is 1. The van der Waals surface area contributed by atoms with Gasteiger partial charge in [-0.3, -0.25) is 10.0 Å². The van der Waals surface area contributed by atoms with Crippen molar-refractivity contribution in [2.75, 3.05) is 5.75 Å². The average Bonchev–Trinajstić information content (AvgIpc) is 2.35. The molecule has 102 valence electrons. The molecule has 0 rings (SSSR count). The third-order valence-electron chi connectivity index (χ3n) is 2.94. The minimum Gasteiger partial charge on any atom is -0.289 e. The maximum Gasteiger partial charge on any atom is 0.243 e. The van der Waals surface area contributed by atoms with E-state index < -0.39 is 0 Å². The molecule has 0 aliphatic heterocycles. The zero-order valence-corrected chi connectivity index (χ0v) is 11.7. The van der Waals surface area contributed by atoms with Crippen molar-refractivity contribution < 1.29 is 10.0 Å². The number of nitrogens with one attached hydrogen (secondary N) is 1. The number of amides is 1. The van der Waals surface area contributed by atoms with Crippen LogP contribution in [0, 0.1) is 0 Å². The Labute approximate surface area is 111 Å². The van der Waals surface area contributed by atoms with Gasteiger partial charge in [0.2, 0.25) is 5.91 Å². The molecule has 0 saturated heterocycles. The summed E-state index contributed by atoms with van der Waals surface area (Å²) in [6, 6.07) is 0. The minimum atomic E-state index is -0.269. The van der Waals surface area contributed by atoms with Crippen LogP contribution in [0.25, 0.3) is 0 Å². The summed E-state index contributed by atoms with van der Waals surface area (Å²) in [6.07, 6.45) is 12.8. The fourth-order valence-corrected chi connectivity index (χ4v) is 2.09. The lowest BCUT2D eigenvalue weighted by atomic mass is 10.1. The summed E-state index contributed by atoms with van der Waals surface area (Å²) in [5, 5.41) is 8.29. The van der Waals surface area contributed by atoms with Gasteiger partial charge in [0.15, 0.2) is 0 Å². The van der Waals surface area contributed by atoms with Crippen LogP contribution < -0.4 is 5.48 Å². The zero-order chi connectivity index (χ0) is 12.8. The molecule has 0 radical (unpaired) electrons. The molecule has 0 spiro atoms. The zero-order valence-electron chi connectivity index (χ0n) is 10.8. The van der Waals surface area contributed by atoms with Gasteiger partial charge >= 0.3 is 0 Å². The van der Waals surface area contributed by atoms with E-state index in [1.54, 1.807) is 5.48 Å². The van der Waals surface area contributed by atoms with Crippen molar-refractivity contribution in [3.8, 4) is 0 Å². The van der Waals surface area contributed by atoms with Gasteiger partial charge in [-0.2, -0.15) is 12.6 Å². The summed E-state index contributed by atoms with van der Waals surface area (Å²) in [6.45, 7) is 0. The fraction of sp³-hybridized carbons (Fsp3) is 0.923. The van der Waals surface area contributed by atoms with Gasteiger partial charge in [-0.1, -0.05) is 51.4 Å². The molecule has 0 aromatic rings. The number of hydrogen-bond donors (Lipinski definition) is 3. The first-order valence-corrected chi connectivity index (χ1v) is 7.48. The van der Waals surface area contributed by atoms with Crippen LogP contribution in [-0.2, 0) is 4.79 Å². The normalized spacial score (nSPS) is 10.5. The Hall–Kier alpha value is -0.220. The van der Waals surface area contributed by atoms with E-state index in [4.69, 9.17) is 5.21 Å². The number of hydroxylamine groups is 1. The molecule has 0 aliphatic carbocycles.